The minimum absolute atomic E-state index is 0.0795. The van der Waals surface area contributed by atoms with Gasteiger partial charge >= 0.3 is 12.1 Å². The topological polar surface area (TPSA) is 75.6 Å². The maximum Gasteiger partial charge on any atom is 0.389 e. The van der Waals surface area contributed by atoms with Gasteiger partial charge in [-0.1, -0.05) is 24.3 Å². The van der Waals surface area contributed by atoms with E-state index < -0.39 is 36.5 Å². The Morgan fingerprint density at radius 2 is 1.62 bits per heavy atom. The molecule has 5 nitrogen and oxygen atoms in total. The number of amides is 1. The van der Waals surface area contributed by atoms with Crippen LogP contribution in [-0.4, -0.2) is 29.7 Å². The number of hydrogen-bond donors (Lipinski definition) is 2. The Morgan fingerprint density at radius 3 is 2.15 bits per heavy atom. The first-order valence-corrected chi connectivity index (χ1v) is 12.9. The molecule has 3 rings (SSSR count). The van der Waals surface area contributed by atoms with Crippen LogP contribution in [0.5, 0.6) is 5.75 Å². The molecule has 0 aliphatic carbocycles. The Bertz CT molecular complexity index is 1290. The first-order valence-electron chi connectivity index (χ1n) is 12.1. The number of carboxylic acid groups (broad SMARTS) is 1. The van der Waals surface area contributed by atoms with Gasteiger partial charge in [-0.25, -0.2) is 8.78 Å². The number of carbonyl (C=O) groups is 2. The van der Waals surface area contributed by atoms with Crippen molar-refractivity contribution in [1.82, 2.24) is 5.32 Å². The summed E-state index contributed by atoms with van der Waals surface area (Å²) in [5.41, 5.74) is 2.91. The summed E-state index contributed by atoms with van der Waals surface area (Å²) in [4.78, 5) is 23.6. The molecule has 1 unspecified atom stereocenters. The third-order valence-electron chi connectivity index (χ3n) is 5.95. The molecule has 1 aromatic heterocycles. The SMILES string of the molecule is Cc1cc(OC(CCC(F)(F)F)c2ccc(C(=O)NCCC(=O)O)s2)cc(C)c1-c1ccc(C(C)(F)F)cc1. The second-order valence-corrected chi connectivity index (χ2v) is 10.4. The van der Waals surface area contributed by atoms with Crippen molar-refractivity contribution >= 4 is 23.2 Å². The van der Waals surface area contributed by atoms with E-state index in [1.807, 2.05) is 0 Å². The fourth-order valence-corrected chi connectivity index (χ4v) is 5.10. The smallest absolute Gasteiger partial charge is 0.389 e. The molecule has 1 heterocycles. The van der Waals surface area contributed by atoms with Crippen LogP contribution in [0.15, 0.2) is 48.5 Å². The standard InChI is InChI=1S/C28H28F5NO4S/c1-16-14-20(15-17(2)25(16)18-4-6-19(7-5-18)27(3,29)30)38-21(10-12-28(31,32)33)22-8-9-23(39-22)26(37)34-13-11-24(35)36/h4-9,14-15,21H,10-13H2,1-3H3,(H,34,37)(H,35,36). The van der Waals surface area contributed by atoms with Crippen LogP contribution < -0.4 is 10.1 Å². The lowest BCUT2D eigenvalue weighted by atomic mass is 9.94. The van der Waals surface area contributed by atoms with E-state index in [0.717, 1.165) is 40.5 Å². The van der Waals surface area contributed by atoms with Gasteiger partial charge in [0.1, 0.15) is 11.9 Å². The van der Waals surface area contributed by atoms with E-state index >= 15 is 0 Å². The van der Waals surface area contributed by atoms with Gasteiger partial charge in [-0.3, -0.25) is 9.59 Å². The third kappa shape index (κ3) is 8.51. The molecule has 0 bridgehead atoms. The minimum atomic E-state index is -4.41. The second-order valence-electron chi connectivity index (χ2n) is 9.26. The van der Waals surface area contributed by atoms with Crippen molar-refractivity contribution in [3.05, 3.63) is 75.0 Å². The lowest BCUT2D eigenvalue weighted by molar-refractivity contribution is -0.139. The number of aryl methyl sites for hydroxylation is 2. The normalized spacial score (nSPS) is 12.7. The average Bonchev–Trinajstić information content (AvgIpc) is 3.30. The van der Waals surface area contributed by atoms with Crippen molar-refractivity contribution < 1.29 is 41.4 Å². The molecule has 1 atom stereocenters. The van der Waals surface area contributed by atoms with Gasteiger partial charge < -0.3 is 15.2 Å². The molecule has 39 heavy (non-hydrogen) atoms. The molecule has 0 saturated carbocycles. The molecule has 0 fully saturated rings. The van der Waals surface area contributed by atoms with Crippen molar-refractivity contribution in [1.29, 1.82) is 0 Å². The van der Waals surface area contributed by atoms with Crippen molar-refractivity contribution in [2.45, 2.75) is 58.2 Å². The Labute approximate surface area is 226 Å². The predicted octanol–water partition coefficient (Wildman–Crippen LogP) is 7.81. The fourth-order valence-electron chi connectivity index (χ4n) is 4.11. The van der Waals surface area contributed by atoms with Crippen LogP contribution >= 0.6 is 11.3 Å². The molecular weight excluding hydrogens is 541 g/mol. The molecular formula is C28H28F5NO4S. The summed E-state index contributed by atoms with van der Waals surface area (Å²) < 4.78 is 72.4. The number of carboxylic acids is 1. The number of carbonyl (C=O) groups excluding carboxylic acids is 1. The molecule has 0 spiro atoms. The van der Waals surface area contributed by atoms with E-state index in [4.69, 9.17) is 9.84 Å². The summed E-state index contributed by atoms with van der Waals surface area (Å²) >= 11 is 0.976. The lowest BCUT2D eigenvalue weighted by Gasteiger charge is -2.21. The Hall–Kier alpha value is -3.47. The highest BCUT2D eigenvalue weighted by Gasteiger charge is 2.30. The number of nitrogens with one attached hydrogen (secondary N) is 1. The zero-order valence-electron chi connectivity index (χ0n) is 21.5. The first-order chi connectivity index (χ1) is 18.1. The number of rotatable bonds is 11. The van der Waals surface area contributed by atoms with Gasteiger partial charge in [0.15, 0.2) is 0 Å². The van der Waals surface area contributed by atoms with E-state index in [2.05, 4.69) is 5.32 Å². The van der Waals surface area contributed by atoms with Gasteiger partial charge in [0.2, 0.25) is 0 Å². The predicted molar refractivity (Wildman–Crippen MR) is 138 cm³/mol. The van der Waals surface area contributed by atoms with Crippen LogP contribution in [-0.2, 0) is 10.7 Å². The fraction of sp³-hybridized carbons (Fsp3) is 0.357. The summed E-state index contributed by atoms with van der Waals surface area (Å²) in [7, 11) is 0. The van der Waals surface area contributed by atoms with Crippen LogP contribution in [0.4, 0.5) is 22.0 Å². The Morgan fingerprint density at radius 1 is 1.00 bits per heavy atom. The second kappa shape index (κ2) is 12.1. The van der Waals surface area contributed by atoms with Crippen molar-refractivity contribution in [3.8, 4) is 16.9 Å². The first kappa shape index (κ1) is 30.1. The van der Waals surface area contributed by atoms with Crippen molar-refractivity contribution in [2.75, 3.05) is 6.54 Å². The average molecular weight is 570 g/mol. The number of alkyl halides is 5. The number of thiophene rings is 1. The molecule has 0 radical (unpaired) electrons. The minimum Gasteiger partial charge on any atom is -0.485 e. The quantitative estimate of drug-likeness (QED) is 0.231. The van der Waals surface area contributed by atoms with Gasteiger partial charge in [-0.15, -0.1) is 11.3 Å². The van der Waals surface area contributed by atoms with E-state index in [0.29, 0.717) is 10.6 Å². The maximum atomic E-state index is 13.6. The Balaban J connectivity index is 1.84. The highest BCUT2D eigenvalue weighted by Crippen LogP contribution is 2.38. The highest BCUT2D eigenvalue weighted by atomic mass is 32.1. The molecule has 11 heteroatoms. The van der Waals surface area contributed by atoms with Gasteiger partial charge in [0.05, 0.1) is 11.3 Å². The highest BCUT2D eigenvalue weighted by molar-refractivity contribution is 7.14. The van der Waals surface area contributed by atoms with E-state index in [9.17, 15) is 31.5 Å². The van der Waals surface area contributed by atoms with Gasteiger partial charge in [0, 0.05) is 30.3 Å². The van der Waals surface area contributed by atoms with Crippen molar-refractivity contribution in [2.24, 2.45) is 0 Å². The third-order valence-corrected chi connectivity index (χ3v) is 7.12. The van der Waals surface area contributed by atoms with Gasteiger partial charge in [0.25, 0.3) is 11.8 Å². The Kier molecular flexibility index (Phi) is 9.37. The van der Waals surface area contributed by atoms with Gasteiger partial charge in [-0.2, -0.15) is 13.2 Å². The number of halogens is 5. The van der Waals surface area contributed by atoms with Crippen LogP contribution in [0.1, 0.15) is 63.5 Å². The van der Waals surface area contributed by atoms with Crippen molar-refractivity contribution in [3.63, 3.8) is 0 Å². The van der Waals surface area contributed by atoms with Crippen LogP contribution in [0.3, 0.4) is 0 Å². The number of aliphatic carboxylic acids is 1. The summed E-state index contributed by atoms with van der Waals surface area (Å²) in [5, 5.41) is 11.2. The molecule has 2 N–H and O–H groups in total. The monoisotopic (exact) mass is 569 g/mol. The van der Waals surface area contributed by atoms with E-state index in [1.54, 1.807) is 38.1 Å². The van der Waals surface area contributed by atoms with E-state index in [-0.39, 0.29) is 29.8 Å². The summed E-state index contributed by atoms with van der Waals surface area (Å²) in [5.74, 6) is -4.23. The maximum absolute atomic E-state index is 13.6. The van der Waals surface area contributed by atoms with Crippen LogP contribution in [0.25, 0.3) is 11.1 Å². The summed E-state index contributed by atoms with van der Waals surface area (Å²) in [6.45, 7) is 4.34. The molecule has 2 aromatic carbocycles. The molecule has 0 aliphatic rings. The van der Waals surface area contributed by atoms with Gasteiger partial charge in [-0.05, 0) is 66.8 Å². The zero-order chi connectivity index (χ0) is 29.0. The molecule has 1 amide bonds. The molecule has 210 valence electrons. The summed E-state index contributed by atoms with van der Waals surface area (Å²) in [6.07, 6.45) is -7.14. The molecule has 0 saturated heterocycles. The molecule has 0 aliphatic heterocycles. The molecule has 3 aromatic rings. The van der Waals surface area contributed by atoms with Crippen LogP contribution in [0, 0.1) is 13.8 Å². The number of hydrogen-bond acceptors (Lipinski definition) is 4. The number of benzene rings is 2. The zero-order valence-corrected chi connectivity index (χ0v) is 22.3. The largest absolute Gasteiger partial charge is 0.485 e. The van der Waals surface area contributed by atoms with E-state index in [1.165, 1.54) is 24.3 Å². The summed E-state index contributed by atoms with van der Waals surface area (Å²) in [6, 6.07) is 12.3. The number of ether oxygens (including phenoxy) is 1. The van der Waals surface area contributed by atoms with Crippen LogP contribution in [0.2, 0.25) is 0 Å². The lowest BCUT2D eigenvalue weighted by Crippen LogP contribution is -2.25.